The minimum absolute atomic E-state index is 0.00362. The van der Waals surface area contributed by atoms with Crippen LogP contribution in [0.15, 0.2) is 35.5 Å². The number of nitrogens with zero attached hydrogens (tertiary/aromatic N) is 3. The molecule has 2 aromatic rings. The van der Waals surface area contributed by atoms with Gasteiger partial charge in [-0.1, -0.05) is 55.4 Å². The Morgan fingerprint density at radius 1 is 1.30 bits per heavy atom. The van der Waals surface area contributed by atoms with Crippen LogP contribution in [0.2, 0.25) is 0 Å². The summed E-state index contributed by atoms with van der Waals surface area (Å²) in [5.74, 6) is 1.33. The zero-order valence-corrected chi connectivity index (χ0v) is 14.8. The first-order chi connectivity index (χ1) is 11.1. The molecule has 1 heterocycles. The second-order valence-electron chi connectivity index (χ2n) is 5.55. The molecule has 1 amide bonds. The standard InChI is InChI=1S/C17H24N4OS/c1-4-5-11-15-19-20-17(21(15)3)23-12-16(22)18-13(2)14-9-7-6-8-10-14/h6-10,13H,4-5,11-12H2,1-3H3,(H,18,22)/t13-/m1/s1. The summed E-state index contributed by atoms with van der Waals surface area (Å²) >= 11 is 1.42. The Balaban J connectivity index is 1.84. The number of aromatic nitrogens is 3. The minimum Gasteiger partial charge on any atom is -0.349 e. The summed E-state index contributed by atoms with van der Waals surface area (Å²) in [4.78, 5) is 12.1. The van der Waals surface area contributed by atoms with Crippen molar-refractivity contribution in [1.29, 1.82) is 0 Å². The Morgan fingerprint density at radius 3 is 2.74 bits per heavy atom. The van der Waals surface area contributed by atoms with Crippen LogP contribution in [0.3, 0.4) is 0 Å². The fraction of sp³-hybridized carbons (Fsp3) is 0.471. The first-order valence-electron chi connectivity index (χ1n) is 7.97. The van der Waals surface area contributed by atoms with E-state index in [0.717, 1.165) is 35.8 Å². The van der Waals surface area contributed by atoms with Crippen molar-refractivity contribution < 1.29 is 4.79 Å². The van der Waals surface area contributed by atoms with Gasteiger partial charge in [0.1, 0.15) is 5.82 Å². The van der Waals surface area contributed by atoms with E-state index in [0.29, 0.717) is 5.75 Å². The molecule has 1 N–H and O–H groups in total. The molecule has 0 bridgehead atoms. The fourth-order valence-electron chi connectivity index (χ4n) is 2.26. The number of thioether (sulfide) groups is 1. The zero-order chi connectivity index (χ0) is 16.7. The highest BCUT2D eigenvalue weighted by Crippen LogP contribution is 2.17. The van der Waals surface area contributed by atoms with Crippen molar-refractivity contribution in [1.82, 2.24) is 20.1 Å². The van der Waals surface area contributed by atoms with Crippen LogP contribution in [-0.4, -0.2) is 26.4 Å². The average Bonchev–Trinajstić information content (AvgIpc) is 2.92. The lowest BCUT2D eigenvalue weighted by Crippen LogP contribution is -2.28. The molecule has 1 aromatic heterocycles. The van der Waals surface area contributed by atoms with Crippen molar-refractivity contribution in [2.45, 2.75) is 44.3 Å². The molecule has 0 aliphatic rings. The number of benzene rings is 1. The maximum Gasteiger partial charge on any atom is 0.230 e. The second-order valence-corrected chi connectivity index (χ2v) is 6.49. The number of carbonyl (C=O) groups excluding carboxylic acids is 1. The summed E-state index contributed by atoms with van der Waals surface area (Å²) in [6.07, 6.45) is 3.17. The lowest BCUT2D eigenvalue weighted by atomic mass is 10.1. The van der Waals surface area contributed by atoms with Crippen LogP contribution < -0.4 is 5.32 Å². The predicted octanol–water partition coefficient (Wildman–Crippen LogP) is 3.13. The summed E-state index contributed by atoms with van der Waals surface area (Å²) in [5.41, 5.74) is 1.10. The van der Waals surface area contributed by atoms with Gasteiger partial charge in [0.05, 0.1) is 11.8 Å². The van der Waals surface area contributed by atoms with E-state index in [1.54, 1.807) is 0 Å². The number of amides is 1. The molecule has 1 atom stereocenters. The number of carbonyl (C=O) groups is 1. The number of hydrogen-bond acceptors (Lipinski definition) is 4. The number of unbranched alkanes of at least 4 members (excludes halogenated alkanes) is 1. The van der Waals surface area contributed by atoms with Crippen LogP contribution in [0.4, 0.5) is 0 Å². The third-order valence-corrected chi connectivity index (χ3v) is 4.71. The number of hydrogen-bond donors (Lipinski definition) is 1. The van der Waals surface area contributed by atoms with Gasteiger partial charge in [-0.2, -0.15) is 0 Å². The summed E-state index contributed by atoms with van der Waals surface area (Å²) in [6.45, 7) is 4.15. The fourth-order valence-corrected chi connectivity index (χ4v) is 3.00. The van der Waals surface area contributed by atoms with Gasteiger partial charge in [-0.05, 0) is 18.9 Å². The van der Waals surface area contributed by atoms with Crippen molar-refractivity contribution in [3.63, 3.8) is 0 Å². The summed E-state index contributed by atoms with van der Waals surface area (Å²) in [6, 6.07) is 9.96. The SMILES string of the molecule is CCCCc1nnc(SCC(=O)N[C@H](C)c2ccccc2)n1C. The molecule has 0 fully saturated rings. The molecule has 124 valence electrons. The Labute approximate surface area is 141 Å². The van der Waals surface area contributed by atoms with Crippen LogP contribution in [0, 0.1) is 0 Å². The molecule has 0 unspecified atom stereocenters. The Bertz CT molecular complexity index is 627. The molecule has 2 rings (SSSR count). The summed E-state index contributed by atoms with van der Waals surface area (Å²) in [5, 5.41) is 12.2. The topological polar surface area (TPSA) is 59.8 Å². The van der Waals surface area contributed by atoms with Crippen molar-refractivity contribution in [3.05, 3.63) is 41.7 Å². The van der Waals surface area contributed by atoms with Gasteiger partial charge in [-0.25, -0.2) is 0 Å². The first-order valence-corrected chi connectivity index (χ1v) is 8.95. The summed E-state index contributed by atoms with van der Waals surface area (Å²) < 4.78 is 1.98. The minimum atomic E-state index is 0.00362. The monoisotopic (exact) mass is 332 g/mol. The van der Waals surface area contributed by atoms with Gasteiger partial charge >= 0.3 is 0 Å². The highest BCUT2D eigenvalue weighted by Gasteiger charge is 2.13. The zero-order valence-electron chi connectivity index (χ0n) is 14.0. The molecule has 0 aliphatic carbocycles. The number of rotatable bonds is 8. The Kier molecular flexibility index (Phi) is 6.65. The third-order valence-electron chi connectivity index (χ3n) is 3.69. The van der Waals surface area contributed by atoms with Gasteiger partial charge in [0.2, 0.25) is 5.91 Å². The van der Waals surface area contributed by atoms with Gasteiger partial charge < -0.3 is 9.88 Å². The van der Waals surface area contributed by atoms with E-state index >= 15 is 0 Å². The van der Waals surface area contributed by atoms with Gasteiger partial charge in [-0.15, -0.1) is 10.2 Å². The predicted molar refractivity (Wildman–Crippen MR) is 93.3 cm³/mol. The normalized spacial score (nSPS) is 12.1. The molecule has 6 heteroatoms. The highest BCUT2D eigenvalue weighted by molar-refractivity contribution is 7.99. The largest absolute Gasteiger partial charge is 0.349 e. The van der Waals surface area contributed by atoms with E-state index in [2.05, 4.69) is 22.4 Å². The van der Waals surface area contributed by atoms with E-state index in [1.165, 1.54) is 11.8 Å². The number of aryl methyl sites for hydroxylation is 1. The van der Waals surface area contributed by atoms with Crippen molar-refractivity contribution >= 4 is 17.7 Å². The third kappa shape index (κ3) is 5.10. The lowest BCUT2D eigenvalue weighted by Gasteiger charge is -2.13. The molecule has 0 saturated heterocycles. The van der Waals surface area contributed by atoms with E-state index < -0.39 is 0 Å². The molecule has 23 heavy (non-hydrogen) atoms. The van der Waals surface area contributed by atoms with Crippen LogP contribution in [0.25, 0.3) is 0 Å². The van der Waals surface area contributed by atoms with Crippen LogP contribution in [-0.2, 0) is 18.3 Å². The smallest absolute Gasteiger partial charge is 0.230 e. The molecular weight excluding hydrogens is 308 g/mol. The van der Waals surface area contributed by atoms with E-state index in [9.17, 15) is 4.79 Å². The van der Waals surface area contributed by atoms with Crippen molar-refractivity contribution in [2.24, 2.45) is 7.05 Å². The van der Waals surface area contributed by atoms with Gasteiger partial charge in [0.25, 0.3) is 0 Å². The number of nitrogens with one attached hydrogen (secondary N) is 1. The van der Waals surface area contributed by atoms with Crippen LogP contribution in [0.1, 0.15) is 44.1 Å². The van der Waals surface area contributed by atoms with Gasteiger partial charge in [-0.3, -0.25) is 4.79 Å². The van der Waals surface area contributed by atoms with Crippen LogP contribution in [0.5, 0.6) is 0 Å². The van der Waals surface area contributed by atoms with Gasteiger partial charge in [0, 0.05) is 13.5 Å². The molecular formula is C17H24N4OS. The molecule has 0 aliphatic heterocycles. The maximum absolute atomic E-state index is 12.1. The molecule has 0 spiro atoms. The Hall–Kier alpha value is -1.82. The summed E-state index contributed by atoms with van der Waals surface area (Å²) in [7, 11) is 1.96. The highest BCUT2D eigenvalue weighted by atomic mass is 32.2. The van der Waals surface area contributed by atoms with Crippen molar-refractivity contribution in [3.8, 4) is 0 Å². The Morgan fingerprint density at radius 2 is 2.04 bits per heavy atom. The van der Waals surface area contributed by atoms with E-state index in [1.807, 2.05) is 48.9 Å². The quantitative estimate of drug-likeness (QED) is 0.755. The molecule has 5 nitrogen and oxygen atoms in total. The van der Waals surface area contributed by atoms with Crippen molar-refractivity contribution in [2.75, 3.05) is 5.75 Å². The molecule has 1 aromatic carbocycles. The van der Waals surface area contributed by atoms with E-state index in [4.69, 9.17) is 0 Å². The van der Waals surface area contributed by atoms with Gasteiger partial charge in [0.15, 0.2) is 5.16 Å². The van der Waals surface area contributed by atoms with E-state index in [-0.39, 0.29) is 11.9 Å². The lowest BCUT2D eigenvalue weighted by molar-refractivity contribution is -0.119. The maximum atomic E-state index is 12.1. The molecule has 0 saturated carbocycles. The first kappa shape index (κ1) is 17.5. The van der Waals surface area contributed by atoms with Crippen LogP contribution >= 0.6 is 11.8 Å². The average molecular weight is 332 g/mol. The molecule has 0 radical (unpaired) electrons. The second kappa shape index (κ2) is 8.72.